The van der Waals surface area contributed by atoms with Crippen molar-refractivity contribution in [1.29, 1.82) is 0 Å². The van der Waals surface area contributed by atoms with Gasteiger partial charge in [-0.1, -0.05) is 0 Å². The van der Waals surface area contributed by atoms with Crippen LogP contribution in [0.4, 0.5) is 0 Å². The van der Waals surface area contributed by atoms with Gasteiger partial charge in [-0.3, -0.25) is 19.2 Å². The van der Waals surface area contributed by atoms with E-state index in [9.17, 15) is 34.2 Å². The van der Waals surface area contributed by atoms with Crippen LogP contribution in [0, 0.1) is 0 Å². The van der Waals surface area contributed by atoms with Crippen LogP contribution in [-0.4, -0.2) is 81.3 Å². The summed E-state index contributed by atoms with van der Waals surface area (Å²) in [7, 11) is 0. The number of hydrogen-bond donors (Lipinski definition) is 8. The molecule has 0 aromatic heterocycles. The van der Waals surface area contributed by atoms with Crippen LogP contribution in [0.3, 0.4) is 0 Å². The molecule has 28 heavy (non-hydrogen) atoms. The minimum absolute atomic E-state index is 0.689. The lowest BCUT2D eigenvalue weighted by Crippen LogP contribution is -2.60. The maximum Gasteiger partial charge on any atom is 0.326 e. The van der Waals surface area contributed by atoms with E-state index in [-0.39, 0.29) is 0 Å². The molecule has 13 nitrogen and oxygen atoms in total. The first-order chi connectivity index (χ1) is 12.8. The van der Waals surface area contributed by atoms with E-state index in [0.29, 0.717) is 0 Å². The Morgan fingerprint density at radius 3 is 1.79 bits per heavy atom. The molecule has 0 aliphatic carbocycles. The highest BCUT2D eigenvalue weighted by Gasteiger charge is 2.32. The second-order valence-electron chi connectivity index (χ2n) is 6.29. The first-order valence-corrected chi connectivity index (χ1v) is 8.31. The summed E-state index contributed by atoms with van der Waals surface area (Å²) in [6.45, 7) is 3.72. The van der Waals surface area contributed by atoms with Crippen molar-refractivity contribution in [3.05, 3.63) is 0 Å². The molecule has 0 aromatic rings. The van der Waals surface area contributed by atoms with Crippen molar-refractivity contribution in [3.63, 3.8) is 0 Å². The molecular formula is C15H27N5O8. The van der Waals surface area contributed by atoms with Gasteiger partial charge >= 0.3 is 5.97 Å². The third-order valence-electron chi connectivity index (χ3n) is 3.66. The predicted molar refractivity (Wildman–Crippen MR) is 94.3 cm³/mol. The highest BCUT2D eigenvalue weighted by molar-refractivity contribution is 5.95. The first kappa shape index (κ1) is 25.2. The minimum Gasteiger partial charge on any atom is -0.480 e. The lowest BCUT2D eigenvalue weighted by Gasteiger charge is -2.25. The standard InChI is InChI=1S/C15H27N5O8/c1-5(18-13(25)10(17)6(2)21)12(24)20-11(7(3)22)14(26)19-8(15(27)28)4-9(16)23/h5-8,10-11,21-22H,4,17H2,1-3H3,(H2,16,23)(H,18,25)(H,19,26)(H,20,24)(H,27,28). The quantitative estimate of drug-likeness (QED) is 0.165. The summed E-state index contributed by atoms with van der Waals surface area (Å²) < 4.78 is 0. The van der Waals surface area contributed by atoms with Crippen LogP contribution in [0.15, 0.2) is 0 Å². The summed E-state index contributed by atoms with van der Waals surface area (Å²) in [6, 6.07) is -5.69. The number of aliphatic hydroxyl groups is 2. The molecular weight excluding hydrogens is 378 g/mol. The van der Waals surface area contributed by atoms with Gasteiger partial charge in [-0.25, -0.2) is 4.79 Å². The molecule has 160 valence electrons. The SMILES string of the molecule is CC(NC(=O)C(N)C(C)O)C(=O)NC(C(=O)NC(CC(N)=O)C(=O)O)C(C)O. The van der Waals surface area contributed by atoms with E-state index < -0.39 is 72.4 Å². The number of hydrogen-bond acceptors (Lipinski definition) is 8. The van der Waals surface area contributed by atoms with E-state index in [0.717, 1.165) is 0 Å². The number of carbonyl (C=O) groups is 5. The number of nitrogens with one attached hydrogen (secondary N) is 3. The zero-order chi connectivity index (χ0) is 22.2. The zero-order valence-corrected chi connectivity index (χ0v) is 15.7. The third-order valence-corrected chi connectivity index (χ3v) is 3.66. The van der Waals surface area contributed by atoms with Crippen molar-refractivity contribution >= 4 is 29.6 Å². The Labute approximate surface area is 160 Å². The summed E-state index contributed by atoms with van der Waals surface area (Å²) >= 11 is 0. The maximum atomic E-state index is 12.2. The second-order valence-corrected chi connectivity index (χ2v) is 6.29. The smallest absolute Gasteiger partial charge is 0.326 e. The fourth-order valence-electron chi connectivity index (χ4n) is 1.94. The molecule has 0 fully saturated rings. The largest absolute Gasteiger partial charge is 0.480 e. The number of aliphatic hydroxyl groups excluding tert-OH is 2. The molecule has 0 radical (unpaired) electrons. The summed E-state index contributed by atoms with van der Waals surface area (Å²) in [5, 5.41) is 34.4. The molecule has 4 amide bonds. The fourth-order valence-corrected chi connectivity index (χ4v) is 1.94. The zero-order valence-electron chi connectivity index (χ0n) is 15.7. The number of carboxylic acid groups (broad SMARTS) is 1. The molecule has 0 aromatic carbocycles. The molecule has 6 atom stereocenters. The number of primary amides is 1. The van der Waals surface area contributed by atoms with E-state index >= 15 is 0 Å². The molecule has 0 bridgehead atoms. The van der Waals surface area contributed by atoms with Crippen molar-refractivity contribution in [2.24, 2.45) is 11.5 Å². The van der Waals surface area contributed by atoms with E-state index in [4.69, 9.17) is 16.6 Å². The summed E-state index contributed by atoms with van der Waals surface area (Å²) in [5.74, 6) is -5.28. The number of nitrogens with two attached hydrogens (primary N) is 2. The van der Waals surface area contributed by atoms with Crippen LogP contribution in [0.5, 0.6) is 0 Å². The predicted octanol–water partition coefficient (Wildman–Crippen LogP) is -4.49. The molecule has 0 rings (SSSR count). The summed E-state index contributed by atoms with van der Waals surface area (Å²) in [4.78, 5) is 58.1. The van der Waals surface area contributed by atoms with Crippen LogP contribution in [0.1, 0.15) is 27.2 Å². The lowest BCUT2D eigenvalue weighted by atomic mass is 10.1. The van der Waals surface area contributed by atoms with Gasteiger partial charge < -0.3 is 42.7 Å². The van der Waals surface area contributed by atoms with Crippen molar-refractivity contribution in [2.75, 3.05) is 0 Å². The first-order valence-electron chi connectivity index (χ1n) is 8.31. The van der Waals surface area contributed by atoms with Crippen LogP contribution < -0.4 is 27.4 Å². The Morgan fingerprint density at radius 2 is 1.39 bits per heavy atom. The van der Waals surface area contributed by atoms with Gasteiger partial charge in [0.05, 0.1) is 18.6 Å². The Bertz CT molecular complexity index is 609. The van der Waals surface area contributed by atoms with Gasteiger partial charge in [0, 0.05) is 0 Å². The van der Waals surface area contributed by atoms with E-state index in [1.807, 2.05) is 5.32 Å². The number of carboxylic acids is 1. The van der Waals surface area contributed by atoms with Crippen molar-refractivity contribution in [1.82, 2.24) is 16.0 Å². The highest BCUT2D eigenvalue weighted by Crippen LogP contribution is 2.00. The monoisotopic (exact) mass is 405 g/mol. The van der Waals surface area contributed by atoms with Gasteiger partial charge in [0.15, 0.2) is 0 Å². The average Bonchev–Trinajstić information content (AvgIpc) is 2.56. The van der Waals surface area contributed by atoms with Gasteiger partial charge in [-0.05, 0) is 20.8 Å². The van der Waals surface area contributed by atoms with Crippen LogP contribution in [0.2, 0.25) is 0 Å². The Morgan fingerprint density at radius 1 is 0.857 bits per heavy atom. The van der Waals surface area contributed by atoms with Crippen molar-refractivity contribution in [2.45, 2.75) is 63.6 Å². The fraction of sp³-hybridized carbons (Fsp3) is 0.667. The number of aliphatic carboxylic acids is 1. The molecule has 0 heterocycles. The summed E-state index contributed by atoms with van der Waals surface area (Å²) in [6.07, 6.45) is -3.29. The third kappa shape index (κ3) is 8.28. The molecule has 6 unspecified atom stereocenters. The highest BCUT2D eigenvalue weighted by atomic mass is 16.4. The Hall–Kier alpha value is -2.77. The van der Waals surface area contributed by atoms with Crippen LogP contribution in [-0.2, 0) is 24.0 Å². The van der Waals surface area contributed by atoms with Gasteiger partial charge in [0.1, 0.15) is 24.2 Å². The number of rotatable bonds is 11. The van der Waals surface area contributed by atoms with Crippen molar-refractivity contribution < 1.29 is 39.3 Å². The van der Waals surface area contributed by atoms with Gasteiger partial charge in [0.25, 0.3) is 0 Å². The average molecular weight is 405 g/mol. The molecule has 13 heteroatoms. The molecule has 0 spiro atoms. The molecule has 0 aliphatic rings. The van der Waals surface area contributed by atoms with Crippen LogP contribution >= 0.6 is 0 Å². The molecule has 0 saturated carbocycles. The summed E-state index contributed by atoms with van der Waals surface area (Å²) in [5.41, 5.74) is 10.4. The molecule has 10 N–H and O–H groups in total. The normalized spacial score (nSPS) is 17.2. The maximum absolute atomic E-state index is 12.2. The van der Waals surface area contributed by atoms with E-state index in [1.54, 1.807) is 0 Å². The Kier molecular flexibility index (Phi) is 10.1. The Balaban J connectivity index is 5.06. The second kappa shape index (κ2) is 11.2. The van der Waals surface area contributed by atoms with Crippen LogP contribution in [0.25, 0.3) is 0 Å². The van der Waals surface area contributed by atoms with E-state index in [1.165, 1.54) is 20.8 Å². The number of carbonyl (C=O) groups excluding carboxylic acids is 4. The molecule has 0 saturated heterocycles. The topological polar surface area (TPSA) is 234 Å². The van der Waals surface area contributed by atoms with Gasteiger partial charge in [-0.2, -0.15) is 0 Å². The minimum atomic E-state index is -1.65. The van der Waals surface area contributed by atoms with Crippen molar-refractivity contribution in [3.8, 4) is 0 Å². The number of amides is 4. The lowest BCUT2D eigenvalue weighted by molar-refractivity contribution is -0.144. The van der Waals surface area contributed by atoms with E-state index in [2.05, 4.69) is 10.6 Å². The molecule has 0 aliphatic heterocycles. The van der Waals surface area contributed by atoms with Gasteiger partial charge in [-0.15, -0.1) is 0 Å². The van der Waals surface area contributed by atoms with Gasteiger partial charge in [0.2, 0.25) is 23.6 Å².